The van der Waals surface area contributed by atoms with Crippen LogP contribution in [0.4, 0.5) is 0 Å². The molecule has 25 heavy (non-hydrogen) atoms. The van der Waals surface area contributed by atoms with E-state index in [1.165, 1.54) is 19.3 Å². The van der Waals surface area contributed by atoms with Crippen LogP contribution >= 0.6 is 0 Å². The lowest BCUT2D eigenvalue weighted by atomic mass is 9.84. The first-order valence-electron chi connectivity index (χ1n) is 10.2. The van der Waals surface area contributed by atoms with Gasteiger partial charge < -0.3 is 9.47 Å². The van der Waals surface area contributed by atoms with Crippen LogP contribution in [-0.4, -0.2) is 23.6 Å². The van der Waals surface area contributed by atoms with E-state index in [9.17, 15) is 9.59 Å². The Bertz CT molecular complexity index is 518. The highest BCUT2D eigenvalue weighted by Gasteiger charge is 2.51. The number of rotatable bonds is 5. The van der Waals surface area contributed by atoms with Crippen LogP contribution in [0.2, 0.25) is 0 Å². The third-order valence-electron chi connectivity index (χ3n) is 7.15. The molecule has 0 radical (unpaired) electrons. The molecule has 3 rings (SSSR count). The summed E-state index contributed by atoms with van der Waals surface area (Å²) in [5.41, 5.74) is -0.652. The molecule has 0 aromatic rings. The van der Waals surface area contributed by atoms with E-state index in [1.807, 2.05) is 20.8 Å². The molecule has 0 aliphatic heterocycles. The average molecular weight is 350 g/mol. The minimum atomic E-state index is -0.424. The molecule has 3 fully saturated rings. The zero-order chi connectivity index (χ0) is 18.2. The van der Waals surface area contributed by atoms with Crippen molar-refractivity contribution in [1.82, 2.24) is 0 Å². The molecule has 0 aromatic heterocycles. The van der Waals surface area contributed by atoms with Crippen molar-refractivity contribution in [2.45, 2.75) is 97.2 Å². The maximum atomic E-state index is 12.6. The quantitative estimate of drug-likeness (QED) is 0.678. The molecule has 142 valence electrons. The normalized spacial score (nSPS) is 37.8. The van der Waals surface area contributed by atoms with Gasteiger partial charge in [-0.1, -0.05) is 6.92 Å². The molecule has 3 atom stereocenters. The van der Waals surface area contributed by atoms with Crippen molar-refractivity contribution in [3.63, 3.8) is 0 Å². The molecular formula is C21H34O4. The average Bonchev–Trinajstić information content (AvgIpc) is 3.15. The monoisotopic (exact) mass is 350 g/mol. The number of hydrogen-bond donors (Lipinski definition) is 0. The topological polar surface area (TPSA) is 52.6 Å². The van der Waals surface area contributed by atoms with E-state index in [1.54, 1.807) is 0 Å². The third-order valence-corrected chi connectivity index (χ3v) is 7.15. The Morgan fingerprint density at radius 1 is 1.08 bits per heavy atom. The van der Waals surface area contributed by atoms with Gasteiger partial charge in [0.2, 0.25) is 0 Å². The van der Waals surface area contributed by atoms with Crippen molar-refractivity contribution in [1.29, 1.82) is 0 Å². The first-order chi connectivity index (χ1) is 11.7. The zero-order valence-corrected chi connectivity index (χ0v) is 16.3. The molecule has 0 spiro atoms. The summed E-state index contributed by atoms with van der Waals surface area (Å²) in [6.45, 7) is 7.99. The minimum absolute atomic E-state index is 0.0197. The zero-order valence-electron chi connectivity index (χ0n) is 16.3. The van der Waals surface area contributed by atoms with Crippen LogP contribution < -0.4 is 0 Å². The van der Waals surface area contributed by atoms with E-state index in [0.29, 0.717) is 5.92 Å². The Kier molecular flexibility index (Phi) is 5.18. The predicted octanol–water partition coefficient (Wildman–Crippen LogP) is 4.65. The highest BCUT2D eigenvalue weighted by Crippen LogP contribution is 2.52. The van der Waals surface area contributed by atoms with Crippen LogP contribution in [0.1, 0.15) is 85.5 Å². The molecule has 3 unspecified atom stereocenters. The van der Waals surface area contributed by atoms with Gasteiger partial charge in [-0.05, 0) is 90.4 Å². The third kappa shape index (κ3) is 3.88. The summed E-state index contributed by atoms with van der Waals surface area (Å²) in [6, 6.07) is 0. The first-order valence-corrected chi connectivity index (χ1v) is 10.2. The molecule has 3 aliphatic rings. The molecule has 0 amide bonds. The van der Waals surface area contributed by atoms with Crippen LogP contribution in [-0.2, 0) is 19.1 Å². The summed E-state index contributed by atoms with van der Waals surface area (Å²) in [5.74, 6) is 1.17. The number of carbonyl (C=O) groups is 2. The molecule has 0 N–H and O–H groups in total. The molecule has 0 heterocycles. The van der Waals surface area contributed by atoms with E-state index in [-0.39, 0.29) is 29.6 Å². The lowest BCUT2D eigenvalue weighted by Gasteiger charge is -2.36. The van der Waals surface area contributed by atoms with E-state index in [0.717, 1.165) is 44.4 Å². The smallest absolute Gasteiger partial charge is 0.311 e. The number of esters is 2. The molecule has 0 aromatic carbocycles. The summed E-state index contributed by atoms with van der Waals surface area (Å²) < 4.78 is 11.7. The van der Waals surface area contributed by atoms with Crippen LogP contribution in [0.5, 0.6) is 0 Å². The van der Waals surface area contributed by atoms with Crippen LogP contribution in [0, 0.1) is 23.2 Å². The highest BCUT2D eigenvalue weighted by molar-refractivity contribution is 5.76. The Hall–Kier alpha value is -1.06. The second kappa shape index (κ2) is 6.92. The first kappa shape index (κ1) is 18.7. The van der Waals surface area contributed by atoms with Gasteiger partial charge in [0.1, 0.15) is 11.7 Å². The SMILES string of the molecule is CCC(C)(C)C(=O)OC1CCC(C(=O)OC2(C)CC3CCC2C3)CC1. The van der Waals surface area contributed by atoms with Crippen LogP contribution in [0.15, 0.2) is 0 Å². The van der Waals surface area contributed by atoms with Gasteiger partial charge in [-0.2, -0.15) is 0 Å². The minimum Gasteiger partial charge on any atom is -0.462 e. The van der Waals surface area contributed by atoms with Crippen molar-refractivity contribution in [2.24, 2.45) is 23.2 Å². The second-order valence-electron chi connectivity index (χ2n) is 9.43. The molecule has 2 bridgehead atoms. The maximum Gasteiger partial charge on any atom is 0.311 e. The fourth-order valence-corrected chi connectivity index (χ4v) is 4.86. The standard InChI is InChI=1S/C21H34O4/c1-5-20(2,3)19(23)24-17-10-7-15(8-11-17)18(22)25-21(4)13-14-6-9-16(21)12-14/h14-17H,5-13H2,1-4H3. The van der Waals surface area contributed by atoms with Crippen molar-refractivity contribution in [3.8, 4) is 0 Å². The van der Waals surface area contributed by atoms with Gasteiger partial charge in [0, 0.05) is 0 Å². The van der Waals surface area contributed by atoms with Gasteiger partial charge in [-0.15, -0.1) is 0 Å². The van der Waals surface area contributed by atoms with E-state index < -0.39 is 5.41 Å². The maximum absolute atomic E-state index is 12.6. The summed E-state index contributed by atoms with van der Waals surface area (Å²) in [7, 11) is 0. The summed E-state index contributed by atoms with van der Waals surface area (Å²) in [6.07, 6.45) is 8.62. The van der Waals surface area contributed by atoms with Crippen molar-refractivity contribution >= 4 is 11.9 Å². The fraction of sp³-hybridized carbons (Fsp3) is 0.905. The van der Waals surface area contributed by atoms with Gasteiger partial charge >= 0.3 is 11.9 Å². The number of carbonyl (C=O) groups excluding carboxylic acids is 2. The number of ether oxygens (including phenoxy) is 2. The number of fused-ring (bicyclic) bond motifs is 2. The highest BCUT2D eigenvalue weighted by atomic mass is 16.6. The second-order valence-corrected chi connectivity index (χ2v) is 9.43. The van der Waals surface area contributed by atoms with Crippen LogP contribution in [0.3, 0.4) is 0 Å². The van der Waals surface area contributed by atoms with Gasteiger partial charge in [-0.25, -0.2) is 0 Å². The summed E-state index contributed by atoms with van der Waals surface area (Å²) in [5, 5.41) is 0. The Morgan fingerprint density at radius 2 is 1.76 bits per heavy atom. The fourth-order valence-electron chi connectivity index (χ4n) is 4.86. The van der Waals surface area contributed by atoms with E-state index in [2.05, 4.69) is 6.92 Å². The van der Waals surface area contributed by atoms with Gasteiger partial charge in [0.15, 0.2) is 0 Å². The molecule has 4 nitrogen and oxygen atoms in total. The Morgan fingerprint density at radius 3 is 2.28 bits per heavy atom. The summed E-state index contributed by atoms with van der Waals surface area (Å²) in [4.78, 5) is 24.9. The predicted molar refractivity (Wildman–Crippen MR) is 95.9 cm³/mol. The van der Waals surface area contributed by atoms with Gasteiger partial charge in [-0.3, -0.25) is 9.59 Å². The molecule has 0 saturated heterocycles. The molecule has 3 saturated carbocycles. The molecular weight excluding hydrogens is 316 g/mol. The van der Waals surface area contributed by atoms with E-state index >= 15 is 0 Å². The van der Waals surface area contributed by atoms with Crippen molar-refractivity contribution in [3.05, 3.63) is 0 Å². The Balaban J connectivity index is 1.46. The number of hydrogen-bond acceptors (Lipinski definition) is 4. The Labute approximate surface area is 152 Å². The summed E-state index contributed by atoms with van der Waals surface area (Å²) >= 11 is 0. The van der Waals surface area contributed by atoms with Gasteiger partial charge in [0.25, 0.3) is 0 Å². The van der Waals surface area contributed by atoms with Crippen LogP contribution in [0.25, 0.3) is 0 Å². The van der Waals surface area contributed by atoms with Crippen molar-refractivity contribution < 1.29 is 19.1 Å². The lowest BCUT2D eigenvalue weighted by Crippen LogP contribution is -2.40. The largest absolute Gasteiger partial charge is 0.462 e. The molecule has 3 aliphatic carbocycles. The lowest BCUT2D eigenvalue weighted by molar-refractivity contribution is -0.172. The molecule has 4 heteroatoms. The van der Waals surface area contributed by atoms with Gasteiger partial charge in [0.05, 0.1) is 11.3 Å². The van der Waals surface area contributed by atoms with Crippen molar-refractivity contribution in [2.75, 3.05) is 0 Å². The van der Waals surface area contributed by atoms with E-state index in [4.69, 9.17) is 9.47 Å².